The van der Waals surface area contributed by atoms with Crippen molar-refractivity contribution in [2.75, 3.05) is 0 Å². The average Bonchev–Trinajstić information content (AvgIpc) is 1.71. The van der Waals surface area contributed by atoms with Gasteiger partial charge in [-0.1, -0.05) is 22.5 Å². The molecule has 0 heterocycles. The van der Waals surface area contributed by atoms with Crippen molar-refractivity contribution < 1.29 is 17.0 Å². The second-order valence-electron chi connectivity index (χ2n) is 1.03. The van der Waals surface area contributed by atoms with E-state index in [1.165, 1.54) is 0 Å². The van der Waals surface area contributed by atoms with Crippen molar-refractivity contribution in [1.82, 2.24) is 0 Å². The van der Waals surface area contributed by atoms with E-state index in [1.54, 1.807) is 6.92 Å². The number of rotatable bonds is 0. The molecule has 11 heavy (non-hydrogen) atoms. The van der Waals surface area contributed by atoms with Crippen LogP contribution in [0.15, 0.2) is 17.6 Å². The van der Waals surface area contributed by atoms with Crippen LogP contribution in [-0.4, -0.2) is 23.1 Å². The molecule has 0 amide bonds. The summed E-state index contributed by atoms with van der Waals surface area (Å²) < 4.78 is 0.979. The molecule has 0 aromatic carbocycles. The Balaban J connectivity index is -0.0000000158. The van der Waals surface area contributed by atoms with E-state index in [-0.39, 0.29) is 40.0 Å². The molecule has 0 spiro atoms. The quantitative estimate of drug-likeness (QED) is 0.257. The second-order valence-corrected chi connectivity index (χ2v) is 2.38. The SMILES string of the molecule is C=C(C)Br.C=[C-]C.II.[Br-].[Mg+2]. The molecule has 5 heteroatoms. The molecule has 0 saturated heterocycles. The summed E-state index contributed by atoms with van der Waals surface area (Å²) in [6.07, 6.45) is 2.50. The topological polar surface area (TPSA) is 0 Å². The Morgan fingerprint density at radius 2 is 1.45 bits per heavy atom. The van der Waals surface area contributed by atoms with Gasteiger partial charge >= 0.3 is 23.1 Å². The Morgan fingerprint density at radius 3 is 1.45 bits per heavy atom. The molecule has 0 fully saturated rings. The number of allylic oxidation sites excluding steroid dienone is 2. The van der Waals surface area contributed by atoms with Crippen LogP contribution in [0.4, 0.5) is 0 Å². The van der Waals surface area contributed by atoms with Gasteiger partial charge in [0.1, 0.15) is 0 Å². The van der Waals surface area contributed by atoms with Crippen LogP contribution in [0.3, 0.4) is 0 Å². The maximum Gasteiger partial charge on any atom is 2.00 e. The predicted molar refractivity (Wildman–Crippen MR) is 72.1 cm³/mol. The summed E-state index contributed by atoms with van der Waals surface area (Å²) in [5.41, 5.74) is 0. The molecule has 0 aliphatic carbocycles. The van der Waals surface area contributed by atoms with E-state index in [9.17, 15) is 0 Å². The summed E-state index contributed by atoms with van der Waals surface area (Å²) in [7, 11) is 0. The summed E-state index contributed by atoms with van der Waals surface area (Å²) in [4.78, 5) is 0. The largest absolute Gasteiger partial charge is 2.00 e. The molecule has 0 atom stereocenters. The van der Waals surface area contributed by atoms with Crippen LogP contribution in [-0.2, 0) is 0 Å². The van der Waals surface area contributed by atoms with Crippen LogP contribution >= 0.6 is 53.2 Å². The van der Waals surface area contributed by atoms with Crippen LogP contribution in [0.1, 0.15) is 13.8 Å². The van der Waals surface area contributed by atoms with Crippen molar-refractivity contribution in [2.45, 2.75) is 13.8 Å². The number of hydrogen-bond acceptors (Lipinski definition) is 0. The van der Waals surface area contributed by atoms with Gasteiger partial charge in [0, 0.05) is 37.2 Å². The molecule has 0 aliphatic rings. The van der Waals surface area contributed by atoms with Gasteiger partial charge in [0.25, 0.3) is 0 Å². The maximum atomic E-state index is 3.47. The Bertz CT molecular complexity index is 65.6. The van der Waals surface area contributed by atoms with Crippen molar-refractivity contribution >= 4 is 76.2 Å². The molecular formula is C6H10Br2I2Mg. The normalized spacial score (nSPS) is 4.09. The minimum atomic E-state index is 0. The third kappa shape index (κ3) is 203. The fraction of sp³-hybridized carbons (Fsp3) is 0.333. The van der Waals surface area contributed by atoms with Crippen LogP contribution in [0.25, 0.3) is 0 Å². The zero-order valence-electron chi connectivity index (χ0n) is 6.63. The fourth-order valence-corrected chi connectivity index (χ4v) is 0. The molecule has 0 nitrogen and oxygen atoms in total. The first-order valence-corrected chi connectivity index (χ1v) is 9.12. The molecule has 0 unspecified atom stereocenters. The Hall–Kier alpha value is 2.67. The Labute approximate surface area is 128 Å². The predicted octanol–water partition coefficient (Wildman–Crippen LogP) is 1.30. The van der Waals surface area contributed by atoms with Crippen LogP contribution in [0.5, 0.6) is 0 Å². The van der Waals surface area contributed by atoms with Crippen molar-refractivity contribution in [3.05, 3.63) is 23.7 Å². The molecule has 0 saturated carbocycles. The first-order valence-electron chi connectivity index (χ1n) is 2.04. The zero-order chi connectivity index (χ0) is 8.28. The van der Waals surface area contributed by atoms with E-state index in [4.69, 9.17) is 0 Å². The Kier molecular flexibility index (Phi) is 103. The standard InChI is InChI=1S/C3H5Br.C3H5.BrH.I2.Mg/c1-3(2)4;1-3-2;;1-2;/h1H2,2H3;1H2,2H3;1H;;/q;-1;;;+2/p-1. The van der Waals surface area contributed by atoms with E-state index in [1.807, 2.05) is 6.92 Å². The summed E-state index contributed by atoms with van der Waals surface area (Å²) in [5.74, 6) is 0. The molecule has 0 rings (SSSR count). The van der Waals surface area contributed by atoms with Crippen molar-refractivity contribution in [1.29, 1.82) is 0 Å². The van der Waals surface area contributed by atoms with Gasteiger partial charge in [-0.25, -0.2) is 0 Å². The Morgan fingerprint density at radius 1 is 1.45 bits per heavy atom. The van der Waals surface area contributed by atoms with Gasteiger partial charge in [-0.05, 0) is 11.4 Å². The van der Waals surface area contributed by atoms with Crippen LogP contribution in [0.2, 0.25) is 0 Å². The molecule has 0 aromatic heterocycles. The van der Waals surface area contributed by atoms with Gasteiger partial charge in [-0.15, -0.1) is 0 Å². The van der Waals surface area contributed by atoms with Gasteiger partial charge < -0.3 is 23.1 Å². The first kappa shape index (κ1) is 29.2. The molecule has 0 aromatic rings. The minimum absolute atomic E-state index is 0. The van der Waals surface area contributed by atoms with Crippen molar-refractivity contribution in [3.63, 3.8) is 0 Å². The molecule has 64 valence electrons. The summed E-state index contributed by atoms with van der Waals surface area (Å²) >= 11 is 7.32. The summed E-state index contributed by atoms with van der Waals surface area (Å²) in [6, 6.07) is 0. The van der Waals surface area contributed by atoms with Gasteiger partial charge in [0.15, 0.2) is 0 Å². The monoisotopic (exact) mass is 518 g/mol. The van der Waals surface area contributed by atoms with E-state index in [2.05, 4.69) is 72.4 Å². The first-order chi connectivity index (χ1) is 4.15. The smallest absolute Gasteiger partial charge is 1.00 e. The maximum absolute atomic E-state index is 3.47. The van der Waals surface area contributed by atoms with Gasteiger partial charge in [-0.2, -0.15) is 6.92 Å². The zero-order valence-corrected chi connectivity index (χ0v) is 15.5. The number of hydrogen-bond donors (Lipinski definition) is 0. The molecule has 0 bridgehead atoms. The minimum Gasteiger partial charge on any atom is -1.00 e. The number of halogens is 4. The van der Waals surface area contributed by atoms with Crippen LogP contribution in [0, 0.1) is 6.08 Å². The third-order valence-corrected chi connectivity index (χ3v) is 0. The van der Waals surface area contributed by atoms with E-state index in [0.29, 0.717) is 0 Å². The third-order valence-electron chi connectivity index (χ3n) is 0. The van der Waals surface area contributed by atoms with E-state index in [0.717, 1.165) is 4.48 Å². The van der Waals surface area contributed by atoms with E-state index >= 15 is 0 Å². The molecular weight excluding hydrogens is 510 g/mol. The molecule has 0 N–H and O–H groups in total. The summed E-state index contributed by atoms with van der Waals surface area (Å²) in [5, 5.41) is 0. The van der Waals surface area contributed by atoms with Crippen LogP contribution < -0.4 is 17.0 Å². The van der Waals surface area contributed by atoms with E-state index < -0.39 is 0 Å². The fourth-order valence-electron chi connectivity index (χ4n) is 0. The van der Waals surface area contributed by atoms with Crippen molar-refractivity contribution in [3.8, 4) is 0 Å². The molecule has 0 aliphatic heterocycles. The van der Waals surface area contributed by atoms with Crippen molar-refractivity contribution in [2.24, 2.45) is 0 Å². The van der Waals surface area contributed by atoms with Gasteiger partial charge in [-0.3, -0.25) is 6.58 Å². The van der Waals surface area contributed by atoms with Gasteiger partial charge in [0.2, 0.25) is 0 Å². The second kappa shape index (κ2) is 38.8. The average molecular weight is 520 g/mol. The molecule has 0 radical (unpaired) electrons. The summed E-state index contributed by atoms with van der Waals surface area (Å²) in [6.45, 7) is 10.4. The van der Waals surface area contributed by atoms with Gasteiger partial charge in [0.05, 0.1) is 0 Å².